The normalized spacial score (nSPS) is 12.4. The fourth-order valence-corrected chi connectivity index (χ4v) is 2.79. The summed E-state index contributed by atoms with van der Waals surface area (Å²) in [7, 11) is -3.25. The molecule has 0 atom stereocenters. The van der Waals surface area contributed by atoms with E-state index in [0.717, 1.165) is 24.3 Å². The highest BCUT2D eigenvalue weighted by atomic mass is 32.2. The topological polar surface area (TPSA) is 74.8 Å². The number of hydrogen-bond acceptors (Lipinski definition) is 4. The van der Waals surface area contributed by atoms with Crippen LogP contribution in [-0.2, 0) is 16.3 Å². The Morgan fingerprint density at radius 1 is 1.37 bits per heavy atom. The molecule has 0 aliphatic rings. The molecule has 0 spiro atoms. The highest BCUT2D eigenvalue weighted by Gasteiger charge is 2.14. The van der Waals surface area contributed by atoms with E-state index >= 15 is 0 Å². The molecule has 2 N–H and O–H groups in total. The molecular formula is C13H19N3O2S. The van der Waals surface area contributed by atoms with Gasteiger partial charge in [0.15, 0.2) is 9.84 Å². The molecule has 0 aliphatic heterocycles. The van der Waals surface area contributed by atoms with Crippen molar-refractivity contribution in [2.75, 3.05) is 12.8 Å². The van der Waals surface area contributed by atoms with Gasteiger partial charge in [-0.2, -0.15) is 0 Å². The summed E-state index contributed by atoms with van der Waals surface area (Å²) in [6.45, 7) is 4.98. The third-order valence-electron chi connectivity index (χ3n) is 2.84. The maximum absolute atomic E-state index is 11.7. The van der Waals surface area contributed by atoms with E-state index in [-0.39, 0.29) is 4.90 Å². The Hall–Kier alpha value is -1.40. The van der Waals surface area contributed by atoms with Crippen LogP contribution in [0.3, 0.4) is 0 Å². The van der Waals surface area contributed by atoms with Crippen LogP contribution in [0.5, 0.6) is 0 Å². The van der Waals surface area contributed by atoms with Crippen molar-refractivity contribution < 1.29 is 8.42 Å². The van der Waals surface area contributed by atoms with E-state index in [4.69, 9.17) is 0 Å². The zero-order valence-electron chi connectivity index (χ0n) is 11.4. The number of fused-ring (bicyclic) bond motifs is 1. The van der Waals surface area contributed by atoms with Crippen LogP contribution in [-0.4, -0.2) is 37.2 Å². The number of para-hydroxylation sites is 1. The van der Waals surface area contributed by atoms with Gasteiger partial charge in [0.2, 0.25) is 0 Å². The van der Waals surface area contributed by atoms with Crippen molar-refractivity contribution in [1.29, 1.82) is 0 Å². The molecule has 1 aromatic carbocycles. The van der Waals surface area contributed by atoms with Crippen molar-refractivity contribution in [2.24, 2.45) is 0 Å². The van der Waals surface area contributed by atoms with Crippen LogP contribution >= 0.6 is 0 Å². The van der Waals surface area contributed by atoms with Crippen LogP contribution in [0.15, 0.2) is 23.1 Å². The van der Waals surface area contributed by atoms with Crippen molar-refractivity contribution in [3.63, 3.8) is 0 Å². The number of H-pyrrole nitrogens is 1. The summed E-state index contributed by atoms with van der Waals surface area (Å²) in [5.74, 6) is 0.805. The van der Waals surface area contributed by atoms with E-state index in [0.29, 0.717) is 11.6 Å². The van der Waals surface area contributed by atoms with E-state index in [1.165, 1.54) is 6.26 Å². The van der Waals surface area contributed by atoms with Crippen molar-refractivity contribution in [3.8, 4) is 0 Å². The molecule has 0 bridgehead atoms. The van der Waals surface area contributed by atoms with E-state index in [2.05, 4.69) is 29.1 Å². The second-order valence-electron chi connectivity index (χ2n) is 4.97. The third-order valence-corrected chi connectivity index (χ3v) is 3.97. The Morgan fingerprint density at radius 3 is 2.74 bits per heavy atom. The molecule has 5 nitrogen and oxygen atoms in total. The molecule has 0 saturated carbocycles. The first-order chi connectivity index (χ1) is 8.88. The molecule has 2 aromatic rings. The van der Waals surface area contributed by atoms with Gasteiger partial charge < -0.3 is 10.3 Å². The van der Waals surface area contributed by atoms with Gasteiger partial charge in [-0.25, -0.2) is 13.4 Å². The van der Waals surface area contributed by atoms with Crippen molar-refractivity contribution in [2.45, 2.75) is 31.2 Å². The minimum Gasteiger partial charge on any atom is -0.342 e. The Kier molecular flexibility index (Phi) is 3.91. The lowest BCUT2D eigenvalue weighted by atomic mass is 10.3. The minimum atomic E-state index is -3.25. The van der Waals surface area contributed by atoms with Gasteiger partial charge in [0.05, 0.1) is 10.4 Å². The highest BCUT2D eigenvalue weighted by molar-refractivity contribution is 7.91. The molecule has 19 heavy (non-hydrogen) atoms. The van der Waals surface area contributed by atoms with Gasteiger partial charge in [0, 0.05) is 25.3 Å². The van der Waals surface area contributed by atoms with Crippen LogP contribution in [0.2, 0.25) is 0 Å². The van der Waals surface area contributed by atoms with Gasteiger partial charge in [-0.1, -0.05) is 19.9 Å². The van der Waals surface area contributed by atoms with Crippen molar-refractivity contribution in [3.05, 3.63) is 24.0 Å². The molecule has 1 heterocycles. The average molecular weight is 281 g/mol. The summed E-state index contributed by atoms with van der Waals surface area (Å²) in [4.78, 5) is 7.85. The zero-order chi connectivity index (χ0) is 14.0. The molecular weight excluding hydrogens is 262 g/mol. The van der Waals surface area contributed by atoms with E-state index in [1.54, 1.807) is 12.1 Å². The smallest absolute Gasteiger partial charge is 0.177 e. The van der Waals surface area contributed by atoms with E-state index < -0.39 is 9.84 Å². The lowest BCUT2D eigenvalue weighted by molar-refractivity contribution is 0.585. The SMILES string of the molecule is CC(C)NCCc1nc2c(S(C)(=O)=O)cccc2[nH]1. The summed E-state index contributed by atoms with van der Waals surface area (Å²) in [6, 6.07) is 5.59. The fourth-order valence-electron chi connectivity index (χ4n) is 1.95. The molecule has 2 rings (SSSR count). The number of aromatic amines is 1. The van der Waals surface area contributed by atoms with Gasteiger partial charge in [-0.05, 0) is 12.1 Å². The van der Waals surface area contributed by atoms with Crippen LogP contribution in [0, 0.1) is 0 Å². The van der Waals surface area contributed by atoms with Crippen LogP contribution in [0.25, 0.3) is 11.0 Å². The van der Waals surface area contributed by atoms with Gasteiger partial charge in [-0.3, -0.25) is 0 Å². The van der Waals surface area contributed by atoms with Crippen LogP contribution < -0.4 is 5.32 Å². The van der Waals surface area contributed by atoms with E-state index in [9.17, 15) is 8.42 Å². The Labute approximate surface area is 113 Å². The quantitative estimate of drug-likeness (QED) is 0.871. The van der Waals surface area contributed by atoms with Gasteiger partial charge >= 0.3 is 0 Å². The maximum atomic E-state index is 11.7. The lowest BCUT2D eigenvalue weighted by Gasteiger charge is -2.05. The number of sulfone groups is 1. The highest BCUT2D eigenvalue weighted by Crippen LogP contribution is 2.20. The molecule has 0 radical (unpaired) electrons. The molecule has 0 saturated heterocycles. The van der Waals surface area contributed by atoms with Gasteiger partial charge in [0.25, 0.3) is 0 Å². The molecule has 0 fully saturated rings. The number of rotatable bonds is 5. The molecule has 104 valence electrons. The Balaban J connectivity index is 2.30. The maximum Gasteiger partial charge on any atom is 0.177 e. The fraction of sp³-hybridized carbons (Fsp3) is 0.462. The predicted octanol–water partition coefficient (Wildman–Crippen LogP) is 1.51. The second-order valence-corrected chi connectivity index (χ2v) is 6.95. The first kappa shape index (κ1) is 14.0. The van der Waals surface area contributed by atoms with Crippen LogP contribution in [0.4, 0.5) is 0 Å². The first-order valence-electron chi connectivity index (χ1n) is 6.29. The van der Waals surface area contributed by atoms with Crippen LogP contribution in [0.1, 0.15) is 19.7 Å². The third kappa shape index (κ3) is 3.33. The van der Waals surface area contributed by atoms with Crippen molar-refractivity contribution >= 4 is 20.9 Å². The zero-order valence-corrected chi connectivity index (χ0v) is 12.2. The summed E-state index contributed by atoms with van der Waals surface area (Å²) in [6.07, 6.45) is 1.95. The number of aromatic nitrogens is 2. The number of hydrogen-bond donors (Lipinski definition) is 2. The summed E-state index contributed by atoms with van der Waals surface area (Å²) in [5, 5.41) is 3.30. The Morgan fingerprint density at radius 2 is 2.11 bits per heavy atom. The molecule has 1 aromatic heterocycles. The summed E-state index contributed by atoms with van der Waals surface area (Å²) in [5.41, 5.74) is 1.30. The monoisotopic (exact) mass is 281 g/mol. The lowest BCUT2D eigenvalue weighted by Crippen LogP contribution is -2.25. The van der Waals surface area contributed by atoms with E-state index in [1.807, 2.05) is 6.07 Å². The summed E-state index contributed by atoms with van der Waals surface area (Å²) < 4.78 is 23.4. The van der Waals surface area contributed by atoms with Gasteiger partial charge in [-0.15, -0.1) is 0 Å². The molecule has 0 amide bonds. The number of nitrogens with one attached hydrogen (secondary N) is 2. The average Bonchev–Trinajstić information content (AvgIpc) is 2.69. The van der Waals surface area contributed by atoms with Gasteiger partial charge in [0.1, 0.15) is 11.3 Å². The first-order valence-corrected chi connectivity index (χ1v) is 8.18. The largest absolute Gasteiger partial charge is 0.342 e. The summed E-state index contributed by atoms with van der Waals surface area (Å²) >= 11 is 0. The molecule has 0 aliphatic carbocycles. The number of imidazole rings is 1. The molecule has 6 heteroatoms. The number of nitrogens with zero attached hydrogens (tertiary/aromatic N) is 1. The Bertz CT molecular complexity index is 674. The molecule has 0 unspecified atom stereocenters. The minimum absolute atomic E-state index is 0.282. The van der Waals surface area contributed by atoms with Crippen molar-refractivity contribution in [1.82, 2.24) is 15.3 Å². The second kappa shape index (κ2) is 5.30. The predicted molar refractivity (Wildman–Crippen MR) is 76.0 cm³/mol. The number of benzene rings is 1. The standard InChI is InChI=1S/C13H19N3O2S/c1-9(2)14-8-7-12-15-10-5-4-6-11(13(10)16-12)19(3,17)18/h4-6,9,14H,7-8H2,1-3H3,(H,15,16).